The number of para-hydroxylation sites is 1. The first-order valence-electron chi connectivity index (χ1n) is 10.2. The number of nitrogens with two attached hydrogens (primary N) is 1. The van der Waals surface area contributed by atoms with Gasteiger partial charge in [0.05, 0.1) is 18.0 Å². The average Bonchev–Trinajstić information content (AvgIpc) is 3.21. The monoisotopic (exact) mass is 411 g/mol. The van der Waals surface area contributed by atoms with E-state index in [0.717, 1.165) is 47.5 Å². The van der Waals surface area contributed by atoms with E-state index >= 15 is 0 Å². The maximum absolute atomic E-state index is 9.32. The summed E-state index contributed by atoms with van der Waals surface area (Å²) in [5.41, 5.74) is 8.55. The van der Waals surface area contributed by atoms with Crippen LogP contribution >= 0.6 is 0 Å². The van der Waals surface area contributed by atoms with Gasteiger partial charge in [0.25, 0.3) is 0 Å². The SMILES string of the molecule is N#CN1CCC[C@@H](n2nc(-c3ccc(Oc4ccccc4)cc3)c3c(N)ncnc32)C1. The van der Waals surface area contributed by atoms with Gasteiger partial charge in [-0.1, -0.05) is 18.2 Å². The average molecular weight is 411 g/mol. The van der Waals surface area contributed by atoms with Crippen LogP contribution in [-0.2, 0) is 0 Å². The van der Waals surface area contributed by atoms with Crippen molar-refractivity contribution in [2.24, 2.45) is 0 Å². The maximum Gasteiger partial charge on any atom is 0.179 e. The van der Waals surface area contributed by atoms with Gasteiger partial charge in [0.2, 0.25) is 0 Å². The van der Waals surface area contributed by atoms with Crippen molar-refractivity contribution in [3.05, 3.63) is 60.9 Å². The molecule has 154 valence electrons. The zero-order valence-electron chi connectivity index (χ0n) is 16.8. The number of fused-ring (bicyclic) bond motifs is 1. The van der Waals surface area contributed by atoms with Crippen LogP contribution in [0, 0.1) is 11.5 Å². The topological polar surface area (TPSA) is 106 Å². The molecule has 8 heteroatoms. The Morgan fingerprint density at radius 3 is 2.58 bits per heavy atom. The van der Waals surface area contributed by atoms with Crippen molar-refractivity contribution in [2.45, 2.75) is 18.9 Å². The second-order valence-corrected chi connectivity index (χ2v) is 7.53. The molecule has 0 unspecified atom stereocenters. The fourth-order valence-electron chi connectivity index (χ4n) is 4.00. The highest BCUT2D eigenvalue weighted by Gasteiger charge is 2.26. The number of benzene rings is 2. The van der Waals surface area contributed by atoms with E-state index in [9.17, 15) is 5.26 Å². The van der Waals surface area contributed by atoms with Crippen LogP contribution in [0.25, 0.3) is 22.3 Å². The third kappa shape index (κ3) is 3.62. The van der Waals surface area contributed by atoms with Gasteiger partial charge >= 0.3 is 0 Å². The lowest BCUT2D eigenvalue weighted by atomic mass is 10.1. The number of ether oxygens (including phenoxy) is 1. The quantitative estimate of drug-likeness (QED) is 0.506. The highest BCUT2D eigenvalue weighted by molar-refractivity contribution is 5.98. The molecule has 8 nitrogen and oxygen atoms in total. The van der Waals surface area contributed by atoms with Crippen molar-refractivity contribution < 1.29 is 4.74 Å². The molecule has 0 aliphatic carbocycles. The summed E-state index contributed by atoms with van der Waals surface area (Å²) in [7, 11) is 0. The summed E-state index contributed by atoms with van der Waals surface area (Å²) in [5, 5.41) is 14.9. The van der Waals surface area contributed by atoms with Crippen LogP contribution in [0.5, 0.6) is 11.5 Å². The highest BCUT2D eigenvalue weighted by Crippen LogP contribution is 2.34. The standard InChI is InChI=1S/C23H21N7O/c24-14-29-12-4-5-17(13-29)30-23-20(22(25)26-15-27-23)21(28-30)16-8-10-19(11-9-16)31-18-6-2-1-3-7-18/h1-3,6-11,15,17H,4-5,12-13H2,(H2,25,26,27)/t17-/m1/s1. The second kappa shape index (κ2) is 7.95. The Kier molecular flexibility index (Phi) is 4.84. The van der Waals surface area contributed by atoms with E-state index in [4.69, 9.17) is 15.6 Å². The van der Waals surface area contributed by atoms with Gasteiger partial charge in [-0.25, -0.2) is 14.6 Å². The summed E-state index contributed by atoms with van der Waals surface area (Å²) >= 11 is 0. The van der Waals surface area contributed by atoms with E-state index < -0.39 is 0 Å². The molecule has 0 amide bonds. The molecule has 1 aliphatic rings. The zero-order valence-corrected chi connectivity index (χ0v) is 16.8. The van der Waals surface area contributed by atoms with E-state index in [1.54, 1.807) is 4.90 Å². The van der Waals surface area contributed by atoms with Gasteiger partial charge in [0.15, 0.2) is 11.8 Å². The summed E-state index contributed by atoms with van der Waals surface area (Å²) in [6.07, 6.45) is 5.57. The minimum absolute atomic E-state index is 0.0552. The van der Waals surface area contributed by atoms with Crippen LogP contribution in [0.4, 0.5) is 5.82 Å². The molecular formula is C23H21N7O. The molecule has 2 aromatic carbocycles. The number of hydrogen-bond donors (Lipinski definition) is 1. The summed E-state index contributed by atoms with van der Waals surface area (Å²) < 4.78 is 7.80. The summed E-state index contributed by atoms with van der Waals surface area (Å²) in [4.78, 5) is 10.4. The molecule has 31 heavy (non-hydrogen) atoms. The summed E-state index contributed by atoms with van der Waals surface area (Å²) in [6.45, 7) is 1.39. The van der Waals surface area contributed by atoms with Gasteiger partial charge in [-0.15, -0.1) is 0 Å². The first kappa shape index (κ1) is 18.9. The van der Waals surface area contributed by atoms with Gasteiger partial charge in [0, 0.05) is 12.1 Å². The van der Waals surface area contributed by atoms with Gasteiger partial charge in [-0.05, 0) is 49.2 Å². The minimum Gasteiger partial charge on any atom is -0.457 e. The first-order chi connectivity index (χ1) is 15.2. The van der Waals surface area contributed by atoms with Crippen LogP contribution < -0.4 is 10.5 Å². The molecule has 0 spiro atoms. The van der Waals surface area contributed by atoms with Gasteiger partial charge in [-0.3, -0.25) is 0 Å². The second-order valence-electron chi connectivity index (χ2n) is 7.53. The number of nitrogens with zero attached hydrogens (tertiary/aromatic N) is 6. The van der Waals surface area contributed by atoms with Crippen molar-refractivity contribution in [1.82, 2.24) is 24.6 Å². The Morgan fingerprint density at radius 2 is 1.81 bits per heavy atom. The number of piperidine rings is 1. The van der Waals surface area contributed by atoms with Gasteiger partial charge in [-0.2, -0.15) is 10.4 Å². The number of hydrogen-bond acceptors (Lipinski definition) is 7. The third-order valence-corrected chi connectivity index (χ3v) is 5.51. The van der Waals surface area contributed by atoms with E-state index in [1.165, 1.54) is 6.33 Å². The van der Waals surface area contributed by atoms with Crippen molar-refractivity contribution >= 4 is 16.9 Å². The molecule has 2 aromatic heterocycles. The summed E-state index contributed by atoms with van der Waals surface area (Å²) in [5.74, 6) is 1.91. The van der Waals surface area contributed by atoms with Gasteiger partial charge in [0.1, 0.15) is 29.3 Å². The number of rotatable bonds is 4. The van der Waals surface area contributed by atoms with Crippen LogP contribution in [0.15, 0.2) is 60.9 Å². The van der Waals surface area contributed by atoms with Crippen LogP contribution in [0.3, 0.4) is 0 Å². The molecule has 1 atom stereocenters. The number of nitriles is 1. The zero-order chi connectivity index (χ0) is 21.2. The van der Waals surface area contributed by atoms with Crippen molar-refractivity contribution in [1.29, 1.82) is 5.26 Å². The lowest BCUT2D eigenvalue weighted by molar-refractivity contribution is 0.236. The molecule has 2 N–H and O–H groups in total. The molecule has 1 saturated heterocycles. The highest BCUT2D eigenvalue weighted by atomic mass is 16.5. The van der Waals surface area contributed by atoms with E-state index in [1.807, 2.05) is 59.3 Å². The Balaban J connectivity index is 1.52. The minimum atomic E-state index is 0.0552. The molecule has 5 rings (SSSR count). The largest absolute Gasteiger partial charge is 0.457 e. The van der Waals surface area contributed by atoms with Crippen molar-refractivity contribution in [3.63, 3.8) is 0 Å². The lowest BCUT2D eigenvalue weighted by Gasteiger charge is -2.28. The Hall–Kier alpha value is -4.12. The summed E-state index contributed by atoms with van der Waals surface area (Å²) in [6, 6.07) is 17.4. The Bertz CT molecular complexity index is 1240. The molecule has 3 heterocycles. The molecule has 1 aliphatic heterocycles. The number of aromatic nitrogens is 4. The molecule has 0 radical (unpaired) electrons. The van der Waals surface area contributed by atoms with Crippen molar-refractivity contribution in [2.75, 3.05) is 18.8 Å². The maximum atomic E-state index is 9.32. The smallest absolute Gasteiger partial charge is 0.179 e. The fourth-order valence-corrected chi connectivity index (χ4v) is 4.00. The van der Waals surface area contributed by atoms with Crippen LogP contribution in [0.1, 0.15) is 18.9 Å². The van der Waals surface area contributed by atoms with E-state index in [0.29, 0.717) is 18.0 Å². The molecule has 1 fully saturated rings. The number of likely N-dealkylation sites (tertiary alicyclic amines) is 1. The van der Waals surface area contributed by atoms with Crippen LogP contribution in [0.2, 0.25) is 0 Å². The van der Waals surface area contributed by atoms with Crippen molar-refractivity contribution in [3.8, 4) is 28.9 Å². The molecular weight excluding hydrogens is 390 g/mol. The first-order valence-corrected chi connectivity index (χ1v) is 10.2. The van der Waals surface area contributed by atoms with Gasteiger partial charge < -0.3 is 15.4 Å². The molecule has 0 saturated carbocycles. The molecule has 4 aromatic rings. The Morgan fingerprint density at radius 1 is 1.03 bits per heavy atom. The predicted octanol–water partition coefficient (Wildman–Crippen LogP) is 3.99. The van der Waals surface area contributed by atoms with Crippen LogP contribution in [-0.4, -0.2) is 37.7 Å². The lowest BCUT2D eigenvalue weighted by Crippen LogP contribution is -2.33. The predicted molar refractivity (Wildman–Crippen MR) is 117 cm³/mol. The molecule has 0 bridgehead atoms. The Labute approximate surface area is 179 Å². The normalized spacial score (nSPS) is 16.2. The fraction of sp³-hybridized carbons (Fsp3) is 0.217. The third-order valence-electron chi connectivity index (χ3n) is 5.51. The number of anilines is 1. The number of nitrogen functional groups attached to an aromatic ring is 1. The van der Waals surface area contributed by atoms with E-state index in [-0.39, 0.29) is 6.04 Å². The van der Waals surface area contributed by atoms with E-state index in [2.05, 4.69) is 16.2 Å².